The van der Waals surface area contributed by atoms with E-state index in [1.54, 1.807) is 0 Å². The molecule has 5 nitrogen and oxygen atoms in total. The quantitative estimate of drug-likeness (QED) is 0.670. The maximum atomic E-state index is 9.67. The van der Waals surface area contributed by atoms with Crippen molar-refractivity contribution in [3.8, 4) is 17.2 Å². The Balaban J connectivity index is 2.52. The van der Waals surface area contributed by atoms with Crippen LogP contribution < -0.4 is 15.0 Å². The van der Waals surface area contributed by atoms with Gasteiger partial charge in [-0.25, -0.2) is 5.48 Å². The van der Waals surface area contributed by atoms with E-state index in [4.69, 9.17) is 26.3 Å². The van der Waals surface area contributed by atoms with E-state index >= 15 is 0 Å². The lowest BCUT2D eigenvalue weighted by Gasteiger charge is -2.22. The number of ether oxygens (including phenoxy) is 2. The predicted molar refractivity (Wildman–Crippen MR) is 52.7 cm³/mol. The second kappa shape index (κ2) is 4.14. The summed E-state index contributed by atoms with van der Waals surface area (Å²) in [5.74, 6) is 0.793. The van der Waals surface area contributed by atoms with Gasteiger partial charge >= 0.3 is 0 Å². The first-order valence-corrected chi connectivity index (χ1v) is 4.78. The predicted octanol–water partition coefficient (Wildman–Crippen LogP) is 1.30. The molecule has 1 heterocycles. The Morgan fingerprint density at radius 2 is 2.13 bits per heavy atom. The van der Waals surface area contributed by atoms with Crippen LogP contribution in [-0.4, -0.2) is 23.5 Å². The molecule has 1 aromatic rings. The van der Waals surface area contributed by atoms with Crippen LogP contribution in [0.5, 0.6) is 17.2 Å². The molecular weight excluding hydrogens is 222 g/mol. The van der Waals surface area contributed by atoms with E-state index in [9.17, 15) is 5.11 Å². The molecule has 1 aromatic carbocycles. The first-order chi connectivity index (χ1) is 7.24. The number of phenols is 1. The number of fused-ring (bicyclic) bond motifs is 1. The molecule has 15 heavy (non-hydrogen) atoms. The van der Waals surface area contributed by atoms with Crippen molar-refractivity contribution >= 4 is 11.6 Å². The standard InChI is InChI=1S/C9H10ClNO4/c10-6-3-7-9(15-2-1-14-7)5(4-11-13)8(6)12/h3,11-13H,1-2,4H2. The Kier molecular flexibility index (Phi) is 2.86. The molecule has 0 amide bonds. The van der Waals surface area contributed by atoms with E-state index in [-0.39, 0.29) is 17.3 Å². The van der Waals surface area contributed by atoms with Gasteiger partial charge in [0.25, 0.3) is 0 Å². The molecule has 0 saturated carbocycles. The third-order valence-corrected chi connectivity index (χ3v) is 2.40. The Bertz CT molecular complexity index is 383. The van der Waals surface area contributed by atoms with Gasteiger partial charge in [-0.15, -0.1) is 0 Å². The molecule has 2 rings (SSSR count). The van der Waals surface area contributed by atoms with Crippen molar-refractivity contribution in [1.29, 1.82) is 0 Å². The molecule has 0 fully saturated rings. The molecule has 0 saturated heterocycles. The molecule has 1 aliphatic heterocycles. The van der Waals surface area contributed by atoms with Gasteiger partial charge in [-0.3, -0.25) is 0 Å². The number of aromatic hydroxyl groups is 1. The molecule has 1 aliphatic rings. The van der Waals surface area contributed by atoms with E-state index in [1.807, 2.05) is 5.48 Å². The molecule has 0 atom stereocenters. The molecule has 0 aliphatic carbocycles. The van der Waals surface area contributed by atoms with Crippen LogP contribution in [0.25, 0.3) is 0 Å². The van der Waals surface area contributed by atoms with Crippen LogP contribution >= 0.6 is 11.6 Å². The molecule has 3 N–H and O–H groups in total. The van der Waals surface area contributed by atoms with Crippen molar-refractivity contribution < 1.29 is 19.8 Å². The highest BCUT2D eigenvalue weighted by molar-refractivity contribution is 6.32. The minimum absolute atomic E-state index is 0.0398. The molecule has 6 heteroatoms. The zero-order valence-electron chi connectivity index (χ0n) is 7.79. The van der Waals surface area contributed by atoms with Crippen molar-refractivity contribution in [2.24, 2.45) is 0 Å². The van der Waals surface area contributed by atoms with E-state index < -0.39 is 0 Å². The highest BCUT2D eigenvalue weighted by Gasteiger charge is 2.21. The average molecular weight is 232 g/mol. The van der Waals surface area contributed by atoms with Gasteiger partial charge in [0.15, 0.2) is 11.5 Å². The Morgan fingerprint density at radius 3 is 2.87 bits per heavy atom. The summed E-state index contributed by atoms with van der Waals surface area (Å²) in [6.07, 6.45) is 0. The monoisotopic (exact) mass is 231 g/mol. The average Bonchev–Trinajstić information content (AvgIpc) is 2.25. The smallest absolute Gasteiger partial charge is 0.169 e. The summed E-state index contributed by atoms with van der Waals surface area (Å²) >= 11 is 5.79. The normalized spacial score (nSPS) is 14.0. The van der Waals surface area contributed by atoms with Crippen LogP contribution in [-0.2, 0) is 6.54 Å². The van der Waals surface area contributed by atoms with Gasteiger partial charge in [-0.1, -0.05) is 11.6 Å². The van der Waals surface area contributed by atoms with Crippen LogP contribution in [0.3, 0.4) is 0 Å². The molecule has 0 radical (unpaired) electrons. The molecule has 0 spiro atoms. The Hall–Kier alpha value is -1.17. The lowest BCUT2D eigenvalue weighted by atomic mass is 10.1. The van der Waals surface area contributed by atoms with Crippen LogP contribution in [0.4, 0.5) is 0 Å². The summed E-state index contributed by atoms with van der Waals surface area (Å²) in [6, 6.07) is 1.49. The zero-order valence-corrected chi connectivity index (χ0v) is 8.54. The van der Waals surface area contributed by atoms with Crippen molar-refractivity contribution in [2.45, 2.75) is 6.54 Å². The lowest BCUT2D eigenvalue weighted by Crippen LogP contribution is -2.18. The van der Waals surface area contributed by atoms with Crippen molar-refractivity contribution in [3.63, 3.8) is 0 Å². The fourth-order valence-electron chi connectivity index (χ4n) is 1.45. The number of phenolic OH excluding ortho intramolecular Hbond substituents is 1. The van der Waals surface area contributed by atoms with Gasteiger partial charge in [0.2, 0.25) is 0 Å². The van der Waals surface area contributed by atoms with E-state index in [2.05, 4.69) is 0 Å². The zero-order chi connectivity index (χ0) is 10.8. The molecule has 82 valence electrons. The highest BCUT2D eigenvalue weighted by Crippen LogP contribution is 2.43. The number of hydrogen-bond donors (Lipinski definition) is 3. The number of nitrogens with one attached hydrogen (secondary N) is 1. The first kappa shape index (κ1) is 10.4. The van der Waals surface area contributed by atoms with Crippen molar-refractivity contribution in [3.05, 3.63) is 16.7 Å². The van der Waals surface area contributed by atoms with Crippen LogP contribution in [0, 0.1) is 0 Å². The van der Waals surface area contributed by atoms with E-state index in [0.29, 0.717) is 30.3 Å². The Labute approximate surface area is 91.1 Å². The number of rotatable bonds is 2. The molecule has 0 bridgehead atoms. The minimum Gasteiger partial charge on any atom is -0.506 e. The maximum Gasteiger partial charge on any atom is 0.169 e. The van der Waals surface area contributed by atoms with Crippen LogP contribution in [0.2, 0.25) is 5.02 Å². The SMILES string of the molecule is ONCc1c(O)c(Cl)cc2c1OCCO2. The van der Waals surface area contributed by atoms with Gasteiger partial charge in [-0.05, 0) is 0 Å². The molecular formula is C9H10ClNO4. The van der Waals surface area contributed by atoms with Crippen molar-refractivity contribution in [2.75, 3.05) is 13.2 Å². The third-order valence-electron chi connectivity index (χ3n) is 2.11. The fourth-order valence-corrected chi connectivity index (χ4v) is 1.67. The third kappa shape index (κ3) is 1.81. The summed E-state index contributed by atoms with van der Waals surface area (Å²) in [5.41, 5.74) is 2.34. The van der Waals surface area contributed by atoms with Gasteiger partial charge in [-0.2, -0.15) is 0 Å². The van der Waals surface area contributed by atoms with Crippen LogP contribution in [0.1, 0.15) is 5.56 Å². The highest BCUT2D eigenvalue weighted by atomic mass is 35.5. The summed E-state index contributed by atoms with van der Waals surface area (Å²) in [6.45, 7) is 0.894. The second-order valence-electron chi connectivity index (χ2n) is 3.04. The van der Waals surface area contributed by atoms with Gasteiger partial charge in [0.05, 0.1) is 17.1 Å². The number of halogens is 1. The van der Waals surface area contributed by atoms with Gasteiger partial charge in [0.1, 0.15) is 19.0 Å². The van der Waals surface area contributed by atoms with E-state index in [0.717, 1.165) is 0 Å². The summed E-state index contributed by atoms with van der Waals surface area (Å²) in [5, 5.41) is 18.5. The lowest BCUT2D eigenvalue weighted by molar-refractivity contribution is 0.148. The second-order valence-corrected chi connectivity index (χ2v) is 3.45. The summed E-state index contributed by atoms with van der Waals surface area (Å²) in [4.78, 5) is 0. The first-order valence-electron chi connectivity index (χ1n) is 4.41. The largest absolute Gasteiger partial charge is 0.506 e. The Morgan fingerprint density at radius 1 is 1.40 bits per heavy atom. The fraction of sp³-hybridized carbons (Fsp3) is 0.333. The minimum atomic E-state index is -0.109. The van der Waals surface area contributed by atoms with Gasteiger partial charge in [0, 0.05) is 6.07 Å². The molecule has 0 aromatic heterocycles. The van der Waals surface area contributed by atoms with Crippen molar-refractivity contribution in [1.82, 2.24) is 5.48 Å². The van der Waals surface area contributed by atoms with E-state index in [1.165, 1.54) is 6.07 Å². The number of hydroxylamine groups is 1. The molecule has 0 unspecified atom stereocenters. The maximum absolute atomic E-state index is 9.67. The topological polar surface area (TPSA) is 71.0 Å². The summed E-state index contributed by atoms with van der Waals surface area (Å²) in [7, 11) is 0. The van der Waals surface area contributed by atoms with Gasteiger partial charge < -0.3 is 19.8 Å². The van der Waals surface area contributed by atoms with Crippen LogP contribution in [0.15, 0.2) is 6.07 Å². The summed E-state index contributed by atoms with van der Waals surface area (Å²) < 4.78 is 10.7. The number of hydrogen-bond acceptors (Lipinski definition) is 5. The number of benzene rings is 1.